The minimum Gasteiger partial charge on any atom is -0.367 e. The van der Waals surface area contributed by atoms with Gasteiger partial charge in [-0.25, -0.2) is 0 Å². The van der Waals surface area contributed by atoms with Crippen LogP contribution < -0.4 is 5.32 Å². The highest BCUT2D eigenvalue weighted by molar-refractivity contribution is 6.34. The molecule has 19 heavy (non-hydrogen) atoms. The van der Waals surface area contributed by atoms with Gasteiger partial charge in [0.15, 0.2) is 0 Å². The molecule has 1 aromatic heterocycles. The molecule has 0 unspecified atom stereocenters. The predicted molar refractivity (Wildman–Crippen MR) is 78.1 cm³/mol. The zero-order valence-corrected chi connectivity index (χ0v) is 11.5. The number of hydrogen-bond acceptors (Lipinski definition) is 1. The van der Waals surface area contributed by atoms with Gasteiger partial charge in [0.2, 0.25) is 5.91 Å². The average molecular weight is 295 g/mol. The lowest BCUT2D eigenvalue weighted by Gasteiger charge is -2.00. The maximum atomic E-state index is 11.6. The van der Waals surface area contributed by atoms with E-state index in [1.165, 1.54) is 6.08 Å². The molecule has 2 aromatic rings. The fraction of sp³-hybridized carbons (Fsp3) is 0.0714. The normalized spacial score (nSPS) is 10.8. The second kappa shape index (κ2) is 6.45. The number of H-pyrrole nitrogens is 1. The van der Waals surface area contributed by atoms with Gasteiger partial charge in [0.25, 0.3) is 0 Å². The molecule has 1 heterocycles. The molecule has 0 spiro atoms. The predicted octanol–water partition coefficient (Wildman–Crippen LogP) is 3.65. The Hall–Kier alpha value is -1.71. The highest BCUT2D eigenvalue weighted by Crippen LogP contribution is 2.21. The molecule has 1 amide bonds. The summed E-state index contributed by atoms with van der Waals surface area (Å²) in [6, 6.07) is 7.01. The van der Waals surface area contributed by atoms with Crippen LogP contribution in [0.2, 0.25) is 10.0 Å². The second-order valence-corrected chi connectivity index (χ2v) is 4.78. The van der Waals surface area contributed by atoms with Gasteiger partial charge < -0.3 is 10.3 Å². The van der Waals surface area contributed by atoms with Crippen molar-refractivity contribution in [1.29, 1.82) is 0 Å². The summed E-state index contributed by atoms with van der Waals surface area (Å²) >= 11 is 11.9. The zero-order valence-electron chi connectivity index (χ0n) is 9.99. The van der Waals surface area contributed by atoms with Crippen molar-refractivity contribution < 1.29 is 4.79 Å². The van der Waals surface area contributed by atoms with Gasteiger partial charge in [-0.2, -0.15) is 0 Å². The van der Waals surface area contributed by atoms with E-state index in [0.29, 0.717) is 22.2 Å². The quantitative estimate of drug-likeness (QED) is 0.831. The van der Waals surface area contributed by atoms with E-state index in [-0.39, 0.29) is 5.91 Å². The molecule has 98 valence electrons. The number of aromatic amines is 1. The average Bonchev–Trinajstić information content (AvgIpc) is 2.90. The van der Waals surface area contributed by atoms with Gasteiger partial charge in [-0.05, 0) is 41.5 Å². The van der Waals surface area contributed by atoms with E-state index < -0.39 is 0 Å². The summed E-state index contributed by atoms with van der Waals surface area (Å²) in [7, 11) is 0. The van der Waals surface area contributed by atoms with Crippen molar-refractivity contribution in [3.63, 3.8) is 0 Å². The summed E-state index contributed by atoms with van der Waals surface area (Å²) in [5.74, 6) is -0.183. The van der Waals surface area contributed by atoms with Crippen molar-refractivity contribution in [1.82, 2.24) is 10.3 Å². The van der Waals surface area contributed by atoms with Crippen LogP contribution in [0.25, 0.3) is 6.08 Å². The maximum absolute atomic E-state index is 11.6. The van der Waals surface area contributed by atoms with Gasteiger partial charge >= 0.3 is 0 Å². The number of carbonyl (C=O) groups is 1. The monoisotopic (exact) mass is 294 g/mol. The minimum absolute atomic E-state index is 0.183. The Kier molecular flexibility index (Phi) is 4.66. The summed E-state index contributed by atoms with van der Waals surface area (Å²) in [4.78, 5) is 14.5. The van der Waals surface area contributed by atoms with E-state index in [1.54, 1.807) is 24.3 Å². The van der Waals surface area contributed by atoms with Crippen molar-refractivity contribution in [3.05, 3.63) is 63.9 Å². The number of nitrogens with one attached hydrogen (secondary N) is 2. The highest BCUT2D eigenvalue weighted by atomic mass is 35.5. The van der Waals surface area contributed by atoms with Gasteiger partial charge in [0.05, 0.1) is 0 Å². The Morgan fingerprint density at radius 1 is 1.32 bits per heavy atom. The Bertz CT molecular complexity index is 591. The van der Waals surface area contributed by atoms with Gasteiger partial charge in [-0.1, -0.05) is 23.2 Å². The fourth-order valence-electron chi connectivity index (χ4n) is 1.52. The number of halogens is 2. The molecule has 0 aliphatic heterocycles. The van der Waals surface area contributed by atoms with Gasteiger partial charge in [0, 0.05) is 35.1 Å². The van der Waals surface area contributed by atoms with E-state index >= 15 is 0 Å². The maximum Gasteiger partial charge on any atom is 0.244 e. The molecule has 0 aliphatic carbocycles. The molecule has 2 N–H and O–H groups in total. The summed E-state index contributed by atoms with van der Waals surface area (Å²) in [6.45, 7) is 0.482. The zero-order chi connectivity index (χ0) is 13.7. The highest BCUT2D eigenvalue weighted by Gasteiger charge is 2.00. The minimum atomic E-state index is -0.183. The third-order valence-corrected chi connectivity index (χ3v) is 3.08. The first kappa shape index (κ1) is 13.7. The molecular weight excluding hydrogens is 283 g/mol. The lowest BCUT2D eigenvalue weighted by Crippen LogP contribution is -2.19. The van der Waals surface area contributed by atoms with Gasteiger partial charge in [-0.15, -0.1) is 0 Å². The van der Waals surface area contributed by atoms with E-state index in [1.807, 2.05) is 18.5 Å². The third kappa shape index (κ3) is 4.16. The lowest BCUT2D eigenvalue weighted by atomic mass is 10.2. The number of hydrogen-bond donors (Lipinski definition) is 2. The van der Waals surface area contributed by atoms with Crippen LogP contribution in [0.15, 0.2) is 42.7 Å². The molecule has 0 bridgehead atoms. The summed E-state index contributed by atoms with van der Waals surface area (Å²) in [5, 5.41) is 3.90. The Morgan fingerprint density at radius 3 is 2.89 bits per heavy atom. The largest absolute Gasteiger partial charge is 0.367 e. The van der Waals surface area contributed by atoms with E-state index in [9.17, 15) is 4.79 Å². The van der Waals surface area contributed by atoms with Crippen molar-refractivity contribution in [2.75, 3.05) is 0 Å². The van der Waals surface area contributed by atoms with E-state index in [2.05, 4.69) is 10.3 Å². The number of rotatable bonds is 4. The van der Waals surface area contributed by atoms with Crippen molar-refractivity contribution in [3.8, 4) is 0 Å². The molecule has 0 fully saturated rings. The van der Waals surface area contributed by atoms with Crippen LogP contribution in [0.5, 0.6) is 0 Å². The first-order valence-corrected chi connectivity index (χ1v) is 6.43. The molecule has 0 saturated carbocycles. The Labute approximate surface area is 121 Å². The smallest absolute Gasteiger partial charge is 0.244 e. The van der Waals surface area contributed by atoms with Crippen LogP contribution in [0.3, 0.4) is 0 Å². The molecule has 2 rings (SSSR count). The molecular formula is C14H12Cl2N2O. The number of carbonyl (C=O) groups excluding carboxylic acids is 1. The molecule has 0 saturated heterocycles. The first-order chi connectivity index (χ1) is 9.15. The van der Waals surface area contributed by atoms with E-state index in [0.717, 1.165) is 5.56 Å². The number of amides is 1. The topological polar surface area (TPSA) is 44.9 Å². The van der Waals surface area contributed by atoms with Crippen LogP contribution in [0.4, 0.5) is 0 Å². The summed E-state index contributed by atoms with van der Waals surface area (Å²) in [6.07, 6.45) is 6.71. The number of benzene rings is 1. The van der Waals surface area contributed by atoms with Gasteiger partial charge in [0.1, 0.15) is 0 Å². The van der Waals surface area contributed by atoms with Crippen LogP contribution in [0, 0.1) is 0 Å². The SMILES string of the molecule is O=C(/C=C/c1cc(Cl)ccc1Cl)NCc1cc[nH]c1. The van der Waals surface area contributed by atoms with Crippen LogP contribution in [-0.4, -0.2) is 10.9 Å². The molecule has 0 atom stereocenters. The summed E-state index contributed by atoms with van der Waals surface area (Å²) in [5.41, 5.74) is 1.73. The number of aromatic nitrogens is 1. The van der Waals surface area contributed by atoms with Crippen LogP contribution in [0.1, 0.15) is 11.1 Å². The molecule has 5 heteroatoms. The molecule has 3 nitrogen and oxygen atoms in total. The van der Waals surface area contributed by atoms with Crippen LogP contribution >= 0.6 is 23.2 Å². The summed E-state index contributed by atoms with van der Waals surface area (Å²) < 4.78 is 0. The van der Waals surface area contributed by atoms with E-state index in [4.69, 9.17) is 23.2 Å². The molecule has 0 radical (unpaired) electrons. The van der Waals surface area contributed by atoms with Crippen LogP contribution in [-0.2, 0) is 11.3 Å². The fourth-order valence-corrected chi connectivity index (χ4v) is 1.89. The first-order valence-electron chi connectivity index (χ1n) is 5.68. The van der Waals surface area contributed by atoms with Crippen molar-refractivity contribution in [2.24, 2.45) is 0 Å². The molecule has 0 aliphatic rings. The Balaban J connectivity index is 1.94. The van der Waals surface area contributed by atoms with Gasteiger partial charge in [-0.3, -0.25) is 4.79 Å². The second-order valence-electron chi connectivity index (χ2n) is 3.94. The van der Waals surface area contributed by atoms with Crippen molar-refractivity contribution >= 4 is 35.2 Å². The standard InChI is InChI=1S/C14H12Cl2N2O/c15-12-2-3-13(16)11(7-12)1-4-14(19)18-9-10-5-6-17-8-10/h1-8,17H,9H2,(H,18,19)/b4-1+. The Morgan fingerprint density at radius 2 is 2.16 bits per heavy atom. The van der Waals surface area contributed by atoms with Crippen molar-refractivity contribution in [2.45, 2.75) is 6.54 Å². The third-order valence-electron chi connectivity index (χ3n) is 2.50. The molecule has 1 aromatic carbocycles. The lowest BCUT2D eigenvalue weighted by molar-refractivity contribution is -0.116.